The van der Waals surface area contributed by atoms with Crippen molar-refractivity contribution in [2.75, 3.05) is 14.2 Å². The van der Waals surface area contributed by atoms with Crippen molar-refractivity contribution >= 4 is 11.8 Å². The van der Waals surface area contributed by atoms with Crippen molar-refractivity contribution < 1.29 is 23.8 Å². The van der Waals surface area contributed by atoms with Crippen LogP contribution in [-0.4, -0.2) is 26.0 Å². The van der Waals surface area contributed by atoms with E-state index in [0.717, 1.165) is 11.1 Å². The van der Waals surface area contributed by atoms with Crippen molar-refractivity contribution in [3.63, 3.8) is 0 Å². The molecule has 2 aromatic carbocycles. The van der Waals surface area contributed by atoms with Crippen LogP contribution in [0, 0.1) is 5.92 Å². The third-order valence-electron chi connectivity index (χ3n) is 4.19. The normalized spacial score (nSPS) is 11.5. The van der Waals surface area contributed by atoms with Crippen LogP contribution in [0.25, 0.3) is 0 Å². The van der Waals surface area contributed by atoms with Gasteiger partial charge in [0.05, 0.1) is 14.2 Å². The lowest BCUT2D eigenvalue weighted by Crippen LogP contribution is -2.25. The van der Waals surface area contributed by atoms with Gasteiger partial charge in [0.1, 0.15) is 29.8 Å². The molecule has 0 heterocycles. The minimum absolute atomic E-state index is 0.159. The van der Waals surface area contributed by atoms with Crippen LogP contribution >= 0.6 is 0 Å². The average molecular weight is 356 g/mol. The van der Waals surface area contributed by atoms with E-state index in [9.17, 15) is 9.59 Å². The maximum absolute atomic E-state index is 12.4. The standard InChI is InChI=1S/C21H24O5/c1-15(22)19(21(23)26-14-16-7-5-4-6-8-16)11-9-17-13-18(24-2)10-12-20(17)25-3/h4-8,10,12-13,19H,9,11,14H2,1-3H3. The van der Waals surface area contributed by atoms with Crippen molar-refractivity contribution in [3.8, 4) is 11.5 Å². The third kappa shape index (κ3) is 5.34. The van der Waals surface area contributed by atoms with Gasteiger partial charge in [-0.15, -0.1) is 0 Å². The summed E-state index contributed by atoms with van der Waals surface area (Å²) in [7, 11) is 3.17. The van der Waals surface area contributed by atoms with E-state index in [1.165, 1.54) is 6.92 Å². The molecule has 0 bridgehead atoms. The van der Waals surface area contributed by atoms with Gasteiger partial charge in [-0.2, -0.15) is 0 Å². The molecule has 1 atom stereocenters. The Hall–Kier alpha value is -2.82. The van der Waals surface area contributed by atoms with E-state index in [4.69, 9.17) is 14.2 Å². The molecule has 5 nitrogen and oxygen atoms in total. The lowest BCUT2D eigenvalue weighted by molar-refractivity contribution is -0.153. The lowest BCUT2D eigenvalue weighted by Gasteiger charge is -2.15. The molecule has 0 aliphatic carbocycles. The van der Waals surface area contributed by atoms with E-state index < -0.39 is 11.9 Å². The minimum Gasteiger partial charge on any atom is -0.497 e. The number of carbonyl (C=O) groups excluding carboxylic acids is 2. The van der Waals surface area contributed by atoms with Crippen molar-refractivity contribution in [1.29, 1.82) is 0 Å². The van der Waals surface area contributed by atoms with Gasteiger partial charge in [0, 0.05) is 0 Å². The van der Waals surface area contributed by atoms with E-state index in [0.29, 0.717) is 24.3 Å². The predicted octanol–water partition coefficient (Wildman–Crippen LogP) is 3.59. The smallest absolute Gasteiger partial charge is 0.316 e. The van der Waals surface area contributed by atoms with E-state index in [1.54, 1.807) is 20.3 Å². The highest BCUT2D eigenvalue weighted by Crippen LogP contribution is 2.26. The second-order valence-electron chi connectivity index (χ2n) is 5.97. The quantitative estimate of drug-likeness (QED) is 0.508. The van der Waals surface area contributed by atoms with E-state index >= 15 is 0 Å². The monoisotopic (exact) mass is 356 g/mol. The Bertz CT molecular complexity index is 739. The second-order valence-corrected chi connectivity index (χ2v) is 5.97. The summed E-state index contributed by atoms with van der Waals surface area (Å²) in [5.41, 5.74) is 1.77. The molecule has 0 N–H and O–H groups in total. The number of Topliss-reactive ketones (excluding diaryl/α,β-unsaturated/α-hetero) is 1. The summed E-state index contributed by atoms with van der Waals surface area (Å²) in [6.45, 7) is 1.57. The summed E-state index contributed by atoms with van der Waals surface area (Å²) in [5, 5.41) is 0. The zero-order chi connectivity index (χ0) is 18.9. The van der Waals surface area contributed by atoms with E-state index in [2.05, 4.69) is 0 Å². The fourth-order valence-corrected chi connectivity index (χ4v) is 2.69. The largest absolute Gasteiger partial charge is 0.497 e. The van der Waals surface area contributed by atoms with Gasteiger partial charge in [-0.25, -0.2) is 0 Å². The molecule has 138 valence electrons. The number of hydrogen-bond acceptors (Lipinski definition) is 5. The molecule has 0 fully saturated rings. The molecule has 2 rings (SSSR count). The van der Waals surface area contributed by atoms with Gasteiger partial charge in [-0.05, 0) is 49.1 Å². The maximum Gasteiger partial charge on any atom is 0.316 e. The zero-order valence-corrected chi connectivity index (χ0v) is 15.4. The molecule has 0 spiro atoms. The first kappa shape index (κ1) is 19.5. The Morgan fingerprint density at radius 1 is 1.00 bits per heavy atom. The molecule has 0 saturated heterocycles. The van der Waals surface area contributed by atoms with Gasteiger partial charge in [0.25, 0.3) is 0 Å². The predicted molar refractivity (Wildman–Crippen MR) is 98.3 cm³/mol. The highest BCUT2D eigenvalue weighted by molar-refractivity contribution is 5.97. The van der Waals surface area contributed by atoms with Crippen LogP contribution in [0.3, 0.4) is 0 Å². The Morgan fingerprint density at radius 3 is 2.35 bits per heavy atom. The highest BCUT2D eigenvalue weighted by Gasteiger charge is 2.25. The lowest BCUT2D eigenvalue weighted by atomic mass is 9.95. The second kappa shape index (κ2) is 9.61. The molecule has 0 aromatic heterocycles. The highest BCUT2D eigenvalue weighted by atomic mass is 16.5. The molecule has 0 aliphatic rings. The van der Waals surface area contributed by atoms with Gasteiger partial charge in [-0.1, -0.05) is 30.3 Å². The zero-order valence-electron chi connectivity index (χ0n) is 15.4. The Labute approximate surface area is 153 Å². The molecule has 2 aromatic rings. The van der Waals surface area contributed by atoms with Gasteiger partial charge in [0.15, 0.2) is 0 Å². The summed E-state index contributed by atoms with van der Waals surface area (Å²) < 4.78 is 15.9. The van der Waals surface area contributed by atoms with Crippen LogP contribution in [0.15, 0.2) is 48.5 Å². The van der Waals surface area contributed by atoms with Crippen LogP contribution in [0.5, 0.6) is 11.5 Å². The van der Waals surface area contributed by atoms with Gasteiger partial charge in [-0.3, -0.25) is 9.59 Å². The molecule has 0 radical (unpaired) electrons. The number of esters is 1. The van der Waals surface area contributed by atoms with E-state index in [-0.39, 0.29) is 12.4 Å². The Morgan fingerprint density at radius 2 is 1.73 bits per heavy atom. The molecular formula is C21H24O5. The molecule has 5 heteroatoms. The van der Waals surface area contributed by atoms with Crippen molar-refractivity contribution in [3.05, 3.63) is 59.7 Å². The Balaban J connectivity index is 2.01. The van der Waals surface area contributed by atoms with Crippen LogP contribution in [0.2, 0.25) is 0 Å². The summed E-state index contributed by atoms with van der Waals surface area (Å²) in [4.78, 5) is 24.3. The Kier molecular flexibility index (Phi) is 7.21. The fourth-order valence-electron chi connectivity index (χ4n) is 2.69. The number of ether oxygens (including phenoxy) is 3. The number of ketones is 1. The molecule has 0 aliphatic heterocycles. The molecule has 0 amide bonds. The first-order valence-electron chi connectivity index (χ1n) is 8.47. The van der Waals surface area contributed by atoms with Crippen LogP contribution in [-0.2, 0) is 27.4 Å². The van der Waals surface area contributed by atoms with E-state index in [1.807, 2.05) is 42.5 Å². The van der Waals surface area contributed by atoms with Gasteiger partial charge >= 0.3 is 5.97 Å². The van der Waals surface area contributed by atoms with Crippen LogP contribution < -0.4 is 9.47 Å². The fraction of sp³-hybridized carbons (Fsp3) is 0.333. The molecule has 1 unspecified atom stereocenters. The van der Waals surface area contributed by atoms with Gasteiger partial charge < -0.3 is 14.2 Å². The number of hydrogen-bond donors (Lipinski definition) is 0. The number of benzene rings is 2. The summed E-state index contributed by atoms with van der Waals surface area (Å²) >= 11 is 0. The van der Waals surface area contributed by atoms with Crippen molar-refractivity contribution in [2.45, 2.75) is 26.4 Å². The topological polar surface area (TPSA) is 61.8 Å². The number of methoxy groups -OCH3 is 2. The van der Waals surface area contributed by atoms with Crippen molar-refractivity contribution in [2.24, 2.45) is 5.92 Å². The minimum atomic E-state index is -0.797. The molecular weight excluding hydrogens is 332 g/mol. The third-order valence-corrected chi connectivity index (χ3v) is 4.19. The maximum atomic E-state index is 12.4. The number of aryl methyl sites for hydroxylation is 1. The number of carbonyl (C=O) groups is 2. The summed E-state index contributed by atoms with van der Waals surface area (Å²) in [6, 6.07) is 14.9. The van der Waals surface area contributed by atoms with Crippen LogP contribution in [0.4, 0.5) is 0 Å². The first-order valence-corrected chi connectivity index (χ1v) is 8.47. The summed E-state index contributed by atoms with van der Waals surface area (Å²) in [6.07, 6.45) is 0.859. The van der Waals surface area contributed by atoms with Crippen LogP contribution in [0.1, 0.15) is 24.5 Å². The summed E-state index contributed by atoms with van der Waals surface area (Å²) in [5.74, 6) is -0.0969. The SMILES string of the molecule is COc1ccc(OC)c(CCC(C(C)=O)C(=O)OCc2ccccc2)c1. The molecule has 26 heavy (non-hydrogen) atoms. The average Bonchev–Trinajstić information content (AvgIpc) is 2.66. The first-order chi connectivity index (χ1) is 12.5. The van der Waals surface area contributed by atoms with Crippen molar-refractivity contribution in [1.82, 2.24) is 0 Å². The van der Waals surface area contributed by atoms with Gasteiger partial charge in [0.2, 0.25) is 0 Å². The number of rotatable bonds is 9. The molecule has 0 saturated carbocycles.